The van der Waals surface area contributed by atoms with E-state index in [9.17, 15) is 23.3 Å². The molecule has 0 spiro atoms. The zero-order valence-electron chi connectivity index (χ0n) is 12.9. The van der Waals surface area contributed by atoms with Crippen molar-refractivity contribution in [1.82, 2.24) is 9.97 Å². The average Bonchev–Trinajstić information content (AvgIpc) is 2.82. The maximum absolute atomic E-state index is 12.8. The van der Waals surface area contributed by atoms with Gasteiger partial charge in [0, 0.05) is 16.3 Å². The fourth-order valence-electron chi connectivity index (χ4n) is 2.25. The Bertz CT molecular complexity index is 986. The SMILES string of the molecule is Cc1sc2ncnc(Sc3ccc(C(F)(F)F)cc3[N+](=O)[O-])c2c1C. The maximum atomic E-state index is 12.8. The number of nitrogens with zero attached hydrogens (tertiary/aromatic N) is 3. The molecule has 0 unspecified atom stereocenters. The lowest BCUT2D eigenvalue weighted by atomic mass is 10.2. The number of aromatic nitrogens is 2. The summed E-state index contributed by atoms with van der Waals surface area (Å²) < 4.78 is 38.4. The van der Waals surface area contributed by atoms with Gasteiger partial charge in [0.1, 0.15) is 16.2 Å². The van der Waals surface area contributed by atoms with Crippen LogP contribution in [0.25, 0.3) is 10.2 Å². The quantitative estimate of drug-likeness (QED) is 0.344. The highest BCUT2D eigenvalue weighted by atomic mass is 32.2. The summed E-state index contributed by atoms with van der Waals surface area (Å²) in [7, 11) is 0. The van der Waals surface area contributed by atoms with E-state index in [1.165, 1.54) is 17.7 Å². The van der Waals surface area contributed by atoms with Gasteiger partial charge >= 0.3 is 6.18 Å². The van der Waals surface area contributed by atoms with E-state index in [0.29, 0.717) is 11.1 Å². The third-order valence-electron chi connectivity index (χ3n) is 3.62. The van der Waals surface area contributed by atoms with Crippen LogP contribution in [0, 0.1) is 24.0 Å². The number of thiophene rings is 1. The highest BCUT2D eigenvalue weighted by molar-refractivity contribution is 7.99. The summed E-state index contributed by atoms with van der Waals surface area (Å²) in [6.07, 6.45) is -3.30. The Kier molecular flexibility index (Phi) is 4.41. The van der Waals surface area contributed by atoms with E-state index in [4.69, 9.17) is 0 Å². The third kappa shape index (κ3) is 3.31. The highest BCUT2D eigenvalue weighted by Gasteiger charge is 2.33. The summed E-state index contributed by atoms with van der Waals surface area (Å²) in [6, 6.07) is 2.49. The molecule has 3 rings (SSSR count). The summed E-state index contributed by atoms with van der Waals surface area (Å²) in [5.41, 5.74) is -0.701. The van der Waals surface area contributed by atoms with Gasteiger partial charge in [-0.15, -0.1) is 11.3 Å². The number of hydrogen-bond acceptors (Lipinski definition) is 6. The van der Waals surface area contributed by atoms with Crippen molar-refractivity contribution in [3.05, 3.63) is 50.6 Å². The molecule has 5 nitrogen and oxygen atoms in total. The van der Waals surface area contributed by atoms with Crippen LogP contribution in [0.2, 0.25) is 0 Å². The van der Waals surface area contributed by atoms with Crippen molar-refractivity contribution in [1.29, 1.82) is 0 Å². The third-order valence-corrected chi connectivity index (χ3v) is 5.80. The molecule has 0 N–H and O–H groups in total. The Morgan fingerprint density at radius 3 is 2.60 bits per heavy atom. The minimum atomic E-state index is -4.64. The summed E-state index contributed by atoms with van der Waals surface area (Å²) in [5.74, 6) is 0. The zero-order chi connectivity index (χ0) is 18.4. The lowest BCUT2D eigenvalue weighted by molar-refractivity contribution is -0.388. The molecule has 10 heteroatoms. The van der Waals surface area contributed by atoms with E-state index in [-0.39, 0.29) is 4.90 Å². The first-order valence-corrected chi connectivity index (χ1v) is 8.56. The van der Waals surface area contributed by atoms with E-state index in [2.05, 4.69) is 9.97 Å². The van der Waals surface area contributed by atoms with Crippen LogP contribution in [0.5, 0.6) is 0 Å². The molecular weight excluding hydrogens is 375 g/mol. The van der Waals surface area contributed by atoms with Gasteiger partial charge in [-0.3, -0.25) is 10.1 Å². The molecule has 0 amide bonds. The van der Waals surface area contributed by atoms with Crippen LogP contribution in [0.3, 0.4) is 0 Å². The van der Waals surface area contributed by atoms with E-state index >= 15 is 0 Å². The zero-order valence-corrected chi connectivity index (χ0v) is 14.6. The predicted octanol–water partition coefficient (Wildman–Crippen LogP) is 5.39. The van der Waals surface area contributed by atoms with Gasteiger partial charge in [0.05, 0.1) is 15.4 Å². The van der Waals surface area contributed by atoms with Crippen LogP contribution >= 0.6 is 23.1 Å². The van der Waals surface area contributed by atoms with E-state index < -0.39 is 22.4 Å². The Balaban J connectivity index is 2.11. The minimum Gasteiger partial charge on any atom is -0.258 e. The molecule has 2 heterocycles. The number of nitro groups is 1. The second-order valence-corrected chi connectivity index (χ2v) is 7.42. The van der Waals surface area contributed by atoms with Gasteiger partial charge in [0.25, 0.3) is 5.69 Å². The van der Waals surface area contributed by atoms with Gasteiger partial charge in [-0.2, -0.15) is 13.2 Å². The maximum Gasteiger partial charge on any atom is 0.416 e. The second kappa shape index (κ2) is 6.26. The number of hydrogen-bond donors (Lipinski definition) is 0. The molecule has 130 valence electrons. The van der Waals surface area contributed by atoms with Crippen LogP contribution in [-0.2, 0) is 6.18 Å². The van der Waals surface area contributed by atoms with Crippen LogP contribution < -0.4 is 0 Å². The van der Waals surface area contributed by atoms with Gasteiger partial charge in [-0.25, -0.2) is 9.97 Å². The molecule has 0 radical (unpaired) electrons. The highest BCUT2D eigenvalue weighted by Crippen LogP contribution is 2.42. The lowest BCUT2D eigenvalue weighted by Crippen LogP contribution is -2.06. The average molecular weight is 385 g/mol. The van der Waals surface area contributed by atoms with Gasteiger partial charge < -0.3 is 0 Å². The summed E-state index contributed by atoms with van der Waals surface area (Å²) in [4.78, 5) is 20.6. The van der Waals surface area contributed by atoms with E-state index in [1.807, 2.05) is 13.8 Å². The summed E-state index contributed by atoms with van der Waals surface area (Å²) >= 11 is 2.44. The molecule has 1 aromatic carbocycles. The number of rotatable bonds is 3. The Hall–Kier alpha value is -2.20. The number of nitro benzene ring substituents is 1. The Labute approximate surface area is 148 Å². The molecule has 0 saturated heterocycles. The van der Waals surface area contributed by atoms with Crippen LogP contribution in [-0.4, -0.2) is 14.9 Å². The first kappa shape index (κ1) is 17.6. The number of halogens is 3. The largest absolute Gasteiger partial charge is 0.416 e. The van der Waals surface area contributed by atoms with Crippen molar-refractivity contribution in [2.45, 2.75) is 29.9 Å². The van der Waals surface area contributed by atoms with E-state index in [1.54, 1.807) is 0 Å². The first-order chi connectivity index (χ1) is 11.7. The standard InChI is InChI=1S/C15H10F3N3O2S2/c1-7-8(2)24-13-12(7)14(20-6-19-13)25-11-4-3-9(15(16,17)18)5-10(11)21(22)23/h3-6H,1-2H3. The van der Waals surface area contributed by atoms with Crippen LogP contribution in [0.15, 0.2) is 34.4 Å². The predicted molar refractivity (Wildman–Crippen MR) is 89.1 cm³/mol. The molecule has 2 aromatic heterocycles. The molecule has 0 saturated carbocycles. The summed E-state index contributed by atoms with van der Waals surface area (Å²) in [6.45, 7) is 3.82. The molecule has 0 fully saturated rings. The molecular formula is C15H10F3N3O2S2. The normalized spacial score (nSPS) is 11.9. The van der Waals surface area contributed by atoms with Crippen molar-refractivity contribution in [2.24, 2.45) is 0 Å². The molecule has 0 aliphatic carbocycles. The molecule has 0 bridgehead atoms. The van der Waals surface area contributed by atoms with Crippen molar-refractivity contribution in [2.75, 3.05) is 0 Å². The molecule has 0 atom stereocenters. The number of aryl methyl sites for hydroxylation is 2. The number of fused-ring (bicyclic) bond motifs is 1. The summed E-state index contributed by atoms with van der Waals surface area (Å²) in [5, 5.41) is 12.5. The monoisotopic (exact) mass is 385 g/mol. The molecule has 25 heavy (non-hydrogen) atoms. The first-order valence-electron chi connectivity index (χ1n) is 6.92. The fourth-order valence-corrected chi connectivity index (χ4v) is 4.35. The lowest BCUT2D eigenvalue weighted by Gasteiger charge is -2.09. The Morgan fingerprint density at radius 1 is 1.24 bits per heavy atom. The van der Waals surface area contributed by atoms with E-state index in [0.717, 1.165) is 44.6 Å². The molecule has 0 aliphatic rings. The topological polar surface area (TPSA) is 68.9 Å². The van der Waals surface area contributed by atoms with Gasteiger partial charge in [-0.05, 0) is 31.5 Å². The van der Waals surface area contributed by atoms with Gasteiger partial charge in [-0.1, -0.05) is 11.8 Å². The van der Waals surface area contributed by atoms with Crippen LogP contribution in [0.4, 0.5) is 18.9 Å². The van der Waals surface area contributed by atoms with Gasteiger partial charge in [0.2, 0.25) is 0 Å². The van der Waals surface area contributed by atoms with Crippen LogP contribution in [0.1, 0.15) is 16.0 Å². The smallest absolute Gasteiger partial charge is 0.258 e. The number of alkyl halides is 3. The molecule has 3 aromatic rings. The van der Waals surface area contributed by atoms with Crippen molar-refractivity contribution >= 4 is 39.0 Å². The number of benzene rings is 1. The fraction of sp³-hybridized carbons (Fsp3) is 0.200. The second-order valence-electron chi connectivity index (χ2n) is 5.18. The van der Waals surface area contributed by atoms with Crippen molar-refractivity contribution < 1.29 is 18.1 Å². The Morgan fingerprint density at radius 2 is 1.96 bits per heavy atom. The van der Waals surface area contributed by atoms with Gasteiger partial charge in [0.15, 0.2) is 0 Å². The molecule has 0 aliphatic heterocycles. The van der Waals surface area contributed by atoms with Crippen molar-refractivity contribution in [3.8, 4) is 0 Å². The minimum absolute atomic E-state index is 0.0984. The van der Waals surface area contributed by atoms with Crippen molar-refractivity contribution in [3.63, 3.8) is 0 Å².